The summed E-state index contributed by atoms with van der Waals surface area (Å²) in [5, 5.41) is 3.50. The highest BCUT2D eigenvalue weighted by molar-refractivity contribution is 6.66. The lowest BCUT2D eigenvalue weighted by Gasteiger charge is -2.58. The highest BCUT2D eigenvalue weighted by Crippen LogP contribution is 2.69. The van der Waals surface area contributed by atoms with Gasteiger partial charge in [0.1, 0.15) is 0 Å². The van der Waals surface area contributed by atoms with Gasteiger partial charge >= 0.3 is 0 Å². The van der Waals surface area contributed by atoms with E-state index in [0.717, 1.165) is 23.7 Å². The molecule has 2 fully saturated rings. The van der Waals surface area contributed by atoms with E-state index in [-0.39, 0.29) is 10.8 Å². The number of nitrogens with zero attached hydrogens (tertiary/aromatic N) is 1. The molecule has 2 heteroatoms. The van der Waals surface area contributed by atoms with Gasteiger partial charge in [0.25, 0.3) is 0 Å². The zero-order valence-electron chi connectivity index (χ0n) is 33.1. The van der Waals surface area contributed by atoms with Gasteiger partial charge in [-0.2, -0.15) is 0 Å². The lowest BCUT2D eigenvalue weighted by molar-refractivity contribution is -0.0256. The quantitative estimate of drug-likeness (QED) is 0.215. The Hall–Kier alpha value is -3.10. The molecule has 0 spiro atoms. The second-order valence-corrected chi connectivity index (χ2v) is 21.8. The molecule has 10 aliphatic rings. The summed E-state index contributed by atoms with van der Waals surface area (Å²) in [6.07, 6.45) is 52.7. The Bertz CT molecular complexity index is 1970. The Morgan fingerprint density at radius 2 is 1.65 bits per heavy atom. The fourth-order valence-electron chi connectivity index (χ4n) is 15.5. The number of allylic oxidation sites excluding steroid dienone is 15. The molecule has 0 saturated heterocycles. The highest BCUT2D eigenvalue weighted by atomic mass is 28.2. The Balaban J connectivity index is 1.06. The molecule has 1 aromatic carbocycles. The maximum absolute atomic E-state index is 3.15. The predicted molar refractivity (Wildman–Crippen MR) is 230 cm³/mol. The van der Waals surface area contributed by atoms with Crippen LogP contribution in [0, 0.1) is 58.2 Å². The van der Waals surface area contributed by atoms with E-state index in [2.05, 4.69) is 122 Å². The van der Waals surface area contributed by atoms with Crippen molar-refractivity contribution in [3.05, 3.63) is 131 Å². The van der Waals surface area contributed by atoms with Crippen molar-refractivity contribution in [3.63, 3.8) is 0 Å². The Morgan fingerprint density at radius 1 is 0.759 bits per heavy atom. The molecule has 9 aliphatic carbocycles. The fraction of sp³-hybridized carbons (Fsp3) is 0.538. The summed E-state index contributed by atoms with van der Waals surface area (Å²) < 4.78 is 0. The van der Waals surface area contributed by atoms with Gasteiger partial charge in [-0.05, 0) is 147 Å². The molecule has 0 aromatic heterocycles. The van der Waals surface area contributed by atoms with E-state index in [0.29, 0.717) is 35.8 Å². The average Bonchev–Trinajstić information content (AvgIpc) is 3.82. The number of hydrogen-bond acceptors (Lipinski definition) is 1. The zero-order chi connectivity index (χ0) is 36.0. The summed E-state index contributed by atoms with van der Waals surface area (Å²) in [5.41, 5.74) is 9.21. The minimum absolute atomic E-state index is 0.275. The Labute approximate surface area is 328 Å². The fourth-order valence-corrected chi connectivity index (χ4v) is 17.6. The van der Waals surface area contributed by atoms with Crippen molar-refractivity contribution in [1.29, 1.82) is 0 Å². The molecule has 11 unspecified atom stereocenters. The van der Waals surface area contributed by atoms with Crippen molar-refractivity contribution in [3.8, 4) is 0 Å². The van der Waals surface area contributed by atoms with Gasteiger partial charge in [-0.25, -0.2) is 0 Å². The van der Waals surface area contributed by atoms with Gasteiger partial charge in [0.05, 0.1) is 21.6 Å². The van der Waals surface area contributed by atoms with Crippen LogP contribution in [0.2, 0.25) is 0 Å². The first kappa shape index (κ1) is 34.2. The van der Waals surface area contributed by atoms with Crippen molar-refractivity contribution in [2.24, 2.45) is 58.2 Å². The molecule has 1 aromatic rings. The average molecular weight is 730 g/mol. The number of benzene rings is 1. The Morgan fingerprint density at radius 3 is 2.57 bits per heavy atom. The van der Waals surface area contributed by atoms with Crippen molar-refractivity contribution < 1.29 is 0 Å². The van der Waals surface area contributed by atoms with E-state index in [9.17, 15) is 0 Å². The first-order valence-corrected chi connectivity index (χ1v) is 24.0. The smallest absolute Gasteiger partial charge is 0.0841 e. The van der Waals surface area contributed by atoms with Gasteiger partial charge in [0.15, 0.2) is 0 Å². The van der Waals surface area contributed by atoms with Crippen LogP contribution in [0.1, 0.15) is 109 Å². The van der Waals surface area contributed by atoms with E-state index in [1.165, 1.54) is 89.9 Å². The maximum Gasteiger partial charge on any atom is 0.0841 e. The standard InChI is InChI=1S/C52H63NSi/c1-51(2)43-22-10-6-18-37(43)40-30-28-35(32-47(40)51)53(36-29-31-42-41-21-9-15-27-49(41)54-50(42)33-36)48-26-14-13-25-46(48)52(34-16-4-3-5-17-34)44-23-11-7-19-38(44)39-20-8-12-24-45(39)52/h3-4,6,9-11,14-15,18,21-23,26-27,29,31-32,34,36-37,39-40,43,45-48H,5,7-8,12-13,16-17,19-20,24-25,28,30,33,54H2,1-2H3. The summed E-state index contributed by atoms with van der Waals surface area (Å²) in [6, 6.07) is 10.3. The maximum atomic E-state index is 3.15. The van der Waals surface area contributed by atoms with Crippen LogP contribution in [0.5, 0.6) is 0 Å². The van der Waals surface area contributed by atoms with Crippen LogP contribution in [-0.4, -0.2) is 26.5 Å². The molecule has 280 valence electrons. The van der Waals surface area contributed by atoms with Crippen molar-refractivity contribution in [2.45, 2.75) is 116 Å². The van der Waals surface area contributed by atoms with Crippen LogP contribution in [-0.2, 0) is 0 Å². The molecule has 11 rings (SSSR count). The molecule has 1 nitrogen and oxygen atoms in total. The first-order chi connectivity index (χ1) is 26.5. The third-order valence-corrected chi connectivity index (χ3v) is 19.5. The Kier molecular flexibility index (Phi) is 8.38. The lowest BCUT2D eigenvalue weighted by atomic mass is 9.50. The van der Waals surface area contributed by atoms with E-state index < -0.39 is 9.52 Å². The third-order valence-electron chi connectivity index (χ3n) is 17.5. The van der Waals surface area contributed by atoms with Gasteiger partial charge in [0, 0.05) is 11.1 Å². The van der Waals surface area contributed by atoms with Crippen LogP contribution in [0.3, 0.4) is 0 Å². The van der Waals surface area contributed by atoms with Crippen molar-refractivity contribution >= 4 is 20.3 Å². The zero-order valence-corrected chi connectivity index (χ0v) is 34.6. The van der Waals surface area contributed by atoms with Crippen molar-refractivity contribution in [2.75, 3.05) is 0 Å². The minimum Gasteiger partial charge on any atom is -0.362 e. The van der Waals surface area contributed by atoms with Crippen LogP contribution in [0.15, 0.2) is 125 Å². The van der Waals surface area contributed by atoms with E-state index >= 15 is 0 Å². The van der Waals surface area contributed by atoms with Gasteiger partial charge in [-0.3, -0.25) is 0 Å². The van der Waals surface area contributed by atoms with Crippen LogP contribution in [0.4, 0.5) is 0 Å². The molecule has 0 N–H and O–H groups in total. The molecule has 0 bridgehead atoms. The molecular formula is C52H63NSi. The van der Waals surface area contributed by atoms with Gasteiger partial charge in [-0.15, -0.1) is 0 Å². The van der Waals surface area contributed by atoms with Crippen LogP contribution in [0.25, 0.3) is 5.57 Å². The van der Waals surface area contributed by atoms with Crippen LogP contribution < -0.4 is 5.19 Å². The molecule has 2 saturated carbocycles. The molecular weight excluding hydrogens is 667 g/mol. The largest absolute Gasteiger partial charge is 0.362 e. The number of hydrogen-bond donors (Lipinski definition) is 0. The second-order valence-electron chi connectivity index (χ2n) is 19.9. The van der Waals surface area contributed by atoms with Gasteiger partial charge in [-0.1, -0.05) is 146 Å². The van der Waals surface area contributed by atoms with E-state index in [4.69, 9.17) is 0 Å². The molecule has 54 heavy (non-hydrogen) atoms. The topological polar surface area (TPSA) is 3.24 Å². The highest BCUT2D eigenvalue weighted by Gasteiger charge is 2.62. The molecule has 0 amide bonds. The summed E-state index contributed by atoms with van der Waals surface area (Å²) in [4.78, 5) is 3.15. The molecule has 11 atom stereocenters. The summed E-state index contributed by atoms with van der Waals surface area (Å²) in [5.74, 6) is 5.82. The molecule has 0 radical (unpaired) electrons. The molecule has 1 heterocycles. The second kappa shape index (κ2) is 13.2. The van der Waals surface area contributed by atoms with E-state index in [1.807, 2.05) is 16.3 Å². The number of fused-ring (bicyclic) bond motifs is 7. The minimum atomic E-state index is -0.427. The normalized spacial score (nSPS) is 41.3. The van der Waals surface area contributed by atoms with Crippen molar-refractivity contribution in [1.82, 2.24) is 4.90 Å². The SMILES string of the molecule is CC1(C)C2C=CC=CC2C2CCC(N(C3C=CC4=C(C3)[SiH2]c3ccccc34)C3C=CCCC3C3(C4CC=CCC4)C4=C(CCC=C4)C4CCCCC43)=CC21. The lowest BCUT2D eigenvalue weighted by Crippen LogP contribution is -2.56. The summed E-state index contributed by atoms with van der Waals surface area (Å²) >= 11 is 0. The summed E-state index contributed by atoms with van der Waals surface area (Å²) in [7, 11) is -0.427. The van der Waals surface area contributed by atoms with Gasteiger partial charge < -0.3 is 4.90 Å². The van der Waals surface area contributed by atoms with E-state index in [1.54, 1.807) is 22.0 Å². The first-order valence-electron chi connectivity index (χ1n) is 22.6. The monoisotopic (exact) mass is 729 g/mol. The van der Waals surface area contributed by atoms with Crippen LogP contribution >= 0.6 is 0 Å². The van der Waals surface area contributed by atoms with Gasteiger partial charge in [0.2, 0.25) is 0 Å². The third kappa shape index (κ3) is 4.99. The molecule has 1 aliphatic heterocycles. The number of rotatable bonds is 5. The predicted octanol–water partition coefficient (Wildman–Crippen LogP) is 11.3. The summed E-state index contributed by atoms with van der Waals surface area (Å²) in [6.45, 7) is 5.23.